The third-order valence-corrected chi connectivity index (χ3v) is 6.62. The number of rotatable bonds is 5. The van der Waals surface area contributed by atoms with E-state index in [1.807, 2.05) is 43.3 Å². The fourth-order valence-electron chi connectivity index (χ4n) is 5.00. The van der Waals surface area contributed by atoms with Crippen LogP contribution in [-0.2, 0) is 19.5 Å². The Morgan fingerprint density at radius 1 is 0.971 bits per heavy atom. The fourth-order valence-corrected chi connectivity index (χ4v) is 5.00. The van der Waals surface area contributed by atoms with Gasteiger partial charge in [0.05, 0.1) is 17.4 Å². The van der Waals surface area contributed by atoms with Crippen LogP contribution in [-0.4, -0.2) is 31.5 Å². The van der Waals surface area contributed by atoms with Crippen molar-refractivity contribution in [1.29, 1.82) is 0 Å². The normalized spacial score (nSPS) is 14.7. The van der Waals surface area contributed by atoms with E-state index in [-0.39, 0.29) is 29.2 Å². The topological polar surface area (TPSA) is 98.9 Å². The van der Waals surface area contributed by atoms with Crippen molar-refractivity contribution in [2.75, 3.05) is 0 Å². The van der Waals surface area contributed by atoms with E-state index in [9.17, 15) is 14.4 Å². The number of ketones is 1. The lowest BCUT2D eigenvalue weighted by molar-refractivity contribution is 0.0719. The summed E-state index contributed by atoms with van der Waals surface area (Å²) in [5.41, 5.74) is 3.71. The van der Waals surface area contributed by atoms with Crippen LogP contribution in [0.1, 0.15) is 63.8 Å². The zero-order chi connectivity index (χ0) is 24.7. The standard InChI is InChI=1S/C28H28N4O3/c1-17-24-21(13-28(2,3)14-22(24)33)30-25(17)27(35)32(15-18-9-5-4-6-10-18)16-23-29-20-12-8-7-11-19(20)26(34)31-23/h4-12,30H,13-16H2,1-3H3,(H,29,31,34). The molecule has 0 radical (unpaired) electrons. The van der Waals surface area contributed by atoms with Crippen LogP contribution < -0.4 is 5.56 Å². The molecule has 1 aliphatic carbocycles. The third kappa shape index (κ3) is 4.41. The number of para-hydroxylation sites is 1. The minimum absolute atomic E-state index is 0.0687. The zero-order valence-electron chi connectivity index (χ0n) is 20.1. The SMILES string of the molecule is Cc1c(C(=O)N(Cc2ccccc2)Cc2nc3ccccc3c(=O)[nH]2)[nH]c2c1C(=O)CC(C)(C)C2. The number of hydrogen-bond acceptors (Lipinski definition) is 4. The van der Waals surface area contributed by atoms with Gasteiger partial charge in [0.1, 0.15) is 11.5 Å². The smallest absolute Gasteiger partial charge is 0.271 e. The van der Waals surface area contributed by atoms with E-state index in [0.717, 1.165) is 11.3 Å². The number of Topliss-reactive ketones (excluding diaryl/α,β-unsaturated/α-hetero) is 1. The van der Waals surface area contributed by atoms with Gasteiger partial charge in [-0.15, -0.1) is 0 Å². The molecule has 0 saturated carbocycles. The van der Waals surface area contributed by atoms with Crippen LogP contribution in [0.25, 0.3) is 10.9 Å². The number of nitrogens with one attached hydrogen (secondary N) is 2. The lowest BCUT2D eigenvalue weighted by Gasteiger charge is -2.28. The number of carbonyl (C=O) groups is 2. The summed E-state index contributed by atoms with van der Waals surface area (Å²) in [7, 11) is 0. The first-order valence-corrected chi connectivity index (χ1v) is 11.8. The lowest BCUT2D eigenvalue weighted by Crippen LogP contribution is -2.32. The van der Waals surface area contributed by atoms with Crippen LogP contribution in [0.3, 0.4) is 0 Å². The molecule has 1 amide bonds. The van der Waals surface area contributed by atoms with Gasteiger partial charge in [-0.2, -0.15) is 0 Å². The Balaban J connectivity index is 1.54. The molecule has 0 atom stereocenters. The minimum atomic E-state index is -0.239. The van der Waals surface area contributed by atoms with E-state index in [2.05, 4.69) is 28.8 Å². The zero-order valence-corrected chi connectivity index (χ0v) is 20.1. The van der Waals surface area contributed by atoms with Crippen LogP contribution in [0.15, 0.2) is 59.4 Å². The number of aromatic amines is 2. The minimum Gasteiger partial charge on any atom is -0.354 e. The molecule has 35 heavy (non-hydrogen) atoms. The Morgan fingerprint density at radius 3 is 2.46 bits per heavy atom. The maximum atomic E-state index is 13.9. The van der Waals surface area contributed by atoms with Crippen molar-refractivity contribution < 1.29 is 9.59 Å². The van der Waals surface area contributed by atoms with Crippen molar-refractivity contribution in [1.82, 2.24) is 19.9 Å². The predicted octanol–water partition coefficient (Wildman–Crippen LogP) is 4.56. The van der Waals surface area contributed by atoms with Gasteiger partial charge < -0.3 is 14.9 Å². The highest BCUT2D eigenvalue weighted by Gasteiger charge is 2.36. The maximum absolute atomic E-state index is 13.9. The Morgan fingerprint density at radius 2 is 1.69 bits per heavy atom. The highest BCUT2D eigenvalue weighted by Crippen LogP contribution is 2.37. The molecule has 0 saturated heterocycles. The van der Waals surface area contributed by atoms with Gasteiger partial charge in [-0.1, -0.05) is 56.3 Å². The van der Waals surface area contributed by atoms with Crippen LogP contribution in [0.4, 0.5) is 0 Å². The van der Waals surface area contributed by atoms with E-state index in [0.29, 0.717) is 52.9 Å². The second-order valence-corrected chi connectivity index (χ2v) is 10.1. The summed E-state index contributed by atoms with van der Waals surface area (Å²) in [6.45, 7) is 6.41. The highest BCUT2D eigenvalue weighted by atomic mass is 16.2. The largest absolute Gasteiger partial charge is 0.354 e. The van der Waals surface area contributed by atoms with Gasteiger partial charge in [-0.25, -0.2) is 4.98 Å². The van der Waals surface area contributed by atoms with E-state index in [4.69, 9.17) is 0 Å². The maximum Gasteiger partial charge on any atom is 0.271 e. The van der Waals surface area contributed by atoms with E-state index in [1.54, 1.807) is 23.1 Å². The molecule has 7 nitrogen and oxygen atoms in total. The van der Waals surface area contributed by atoms with Crippen molar-refractivity contribution in [3.8, 4) is 0 Å². The van der Waals surface area contributed by atoms with Crippen LogP contribution in [0, 0.1) is 12.3 Å². The number of amides is 1. The molecule has 2 heterocycles. The van der Waals surface area contributed by atoms with E-state index in [1.165, 1.54) is 0 Å². The van der Waals surface area contributed by atoms with Crippen LogP contribution in [0.5, 0.6) is 0 Å². The van der Waals surface area contributed by atoms with E-state index >= 15 is 0 Å². The average Bonchev–Trinajstić information content (AvgIpc) is 3.14. The van der Waals surface area contributed by atoms with Crippen LogP contribution >= 0.6 is 0 Å². The molecule has 2 aromatic heterocycles. The fraction of sp³-hybridized carbons (Fsp3) is 0.286. The molecule has 1 aliphatic rings. The molecule has 0 aliphatic heterocycles. The Hall–Kier alpha value is -4.00. The van der Waals surface area contributed by atoms with Crippen molar-refractivity contribution in [3.05, 3.63) is 98.9 Å². The molecule has 5 rings (SSSR count). The molecule has 0 fully saturated rings. The highest BCUT2D eigenvalue weighted by molar-refractivity contribution is 6.04. The molecule has 0 unspecified atom stereocenters. The summed E-state index contributed by atoms with van der Waals surface area (Å²) < 4.78 is 0. The Bertz CT molecular complexity index is 1500. The monoisotopic (exact) mass is 468 g/mol. The molecule has 0 bridgehead atoms. The summed E-state index contributed by atoms with van der Waals surface area (Å²) in [5, 5.41) is 0.506. The molecule has 2 aromatic carbocycles. The summed E-state index contributed by atoms with van der Waals surface area (Å²) in [6, 6.07) is 16.8. The second-order valence-electron chi connectivity index (χ2n) is 10.1. The van der Waals surface area contributed by atoms with Gasteiger partial charge in [-0.05, 0) is 42.0 Å². The van der Waals surface area contributed by atoms with Crippen molar-refractivity contribution in [3.63, 3.8) is 0 Å². The third-order valence-electron chi connectivity index (χ3n) is 6.62. The summed E-state index contributed by atoms with van der Waals surface area (Å²) in [5.74, 6) is 0.241. The van der Waals surface area contributed by atoms with Crippen molar-refractivity contribution >= 4 is 22.6 Å². The van der Waals surface area contributed by atoms with Gasteiger partial charge in [0.25, 0.3) is 11.5 Å². The Labute approximate surface area is 203 Å². The molecule has 7 heteroatoms. The second kappa shape index (κ2) is 8.65. The number of nitrogens with zero attached hydrogens (tertiary/aromatic N) is 2. The molecular formula is C28H28N4O3. The first-order chi connectivity index (χ1) is 16.7. The molecule has 2 N–H and O–H groups in total. The average molecular weight is 469 g/mol. The van der Waals surface area contributed by atoms with Crippen LogP contribution in [0.2, 0.25) is 0 Å². The predicted molar refractivity (Wildman–Crippen MR) is 134 cm³/mol. The number of fused-ring (bicyclic) bond motifs is 2. The van der Waals surface area contributed by atoms with Crippen molar-refractivity contribution in [2.45, 2.75) is 46.7 Å². The summed E-state index contributed by atoms with van der Waals surface area (Å²) in [6.07, 6.45) is 1.17. The number of benzene rings is 2. The van der Waals surface area contributed by atoms with Crippen molar-refractivity contribution in [2.24, 2.45) is 5.41 Å². The van der Waals surface area contributed by atoms with Gasteiger partial charge in [0.2, 0.25) is 0 Å². The first-order valence-electron chi connectivity index (χ1n) is 11.8. The lowest BCUT2D eigenvalue weighted by atomic mass is 9.75. The number of carbonyl (C=O) groups excluding carboxylic acids is 2. The van der Waals surface area contributed by atoms with Gasteiger partial charge in [-0.3, -0.25) is 14.4 Å². The molecule has 0 spiro atoms. The first kappa shape index (κ1) is 22.8. The van der Waals surface area contributed by atoms with Gasteiger partial charge in [0.15, 0.2) is 5.78 Å². The number of H-pyrrole nitrogens is 2. The summed E-state index contributed by atoms with van der Waals surface area (Å²) in [4.78, 5) is 51.7. The molecular weight excluding hydrogens is 440 g/mol. The van der Waals surface area contributed by atoms with Gasteiger partial charge >= 0.3 is 0 Å². The molecule has 4 aromatic rings. The van der Waals surface area contributed by atoms with E-state index < -0.39 is 0 Å². The Kier molecular flexibility index (Phi) is 5.63. The number of hydrogen-bond donors (Lipinski definition) is 2. The number of aromatic nitrogens is 3. The molecule has 178 valence electrons. The van der Waals surface area contributed by atoms with Gasteiger partial charge in [0, 0.05) is 24.2 Å². The summed E-state index contributed by atoms with van der Waals surface area (Å²) >= 11 is 0. The quantitative estimate of drug-likeness (QED) is 0.449.